The van der Waals surface area contributed by atoms with Gasteiger partial charge in [-0.1, -0.05) is 0 Å². The molecule has 0 aromatic heterocycles. The summed E-state index contributed by atoms with van der Waals surface area (Å²) in [6.07, 6.45) is -4.84. The molecular weight excluding hydrogens is 311 g/mol. The van der Waals surface area contributed by atoms with Crippen LogP contribution in [0.1, 0.15) is 5.56 Å². The minimum Gasteiger partial charge on any atom is -0.497 e. The van der Waals surface area contributed by atoms with Crippen molar-refractivity contribution in [1.29, 1.82) is 5.26 Å². The van der Waals surface area contributed by atoms with Gasteiger partial charge in [-0.3, -0.25) is 0 Å². The highest BCUT2D eigenvalue weighted by Gasteiger charge is 2.31. The maximum Gasteiger partial charge on any atom is 0.573 e. The van der Waals surface area contributed by atoms with Gasteiger partial charge >= 0.3 is 6.36 Å². The number of halogens is 3. The van der Waals surface area contributed by atoms with Crippen molar-refractivity contribution in [3.63, 3.8) is 0 Å². The molecule has 0 spiro atoms. The summed E-state index contributed by atoms with van der Waals surface area (Å²) in [5.41, 5.74) is 0.917. The Kier molecular flexibility index (Phi) is 4.65. The molecule has 0 heterocycles. The fraction of sp³-hybridized carbons (Fsp3) is 0.188. The molecule has 120 valence electrons. The average molecular weight is 323 g/mol. The van der Waals surface area contributed by atoms with E-state index in [9.17, 15) is 13.2 Å². The number of methoxy groups -OCH3 is 2. The molecular formula is C16H12F3NO3. The van der Waals surface area contributed by atoms with Gasteiger partial charge in [-0.15, -0.1) is 13.2 Å². The number of nitriles is 1. The maximum atomic E-state index is 12.4. The van der Waals surface area contributed by atoms with Crippen LogP contribution in [0.4, 0.5) is 13.2 Å². The van der Waals surface area contributed by atoms with Crippen molar-refractivity contribution >= 4 is 0 Å². The monoisotopic (exact) mass is 323 g/mol. The highest BCUT2D eigenvalue weighted by atomic mass is 19.4. The van der Waals surface area contributed by atoms with Crippen molar-refractivity contribution in [2.45, 2.75) is 6.36 Å². The van der Waals surface area contributed by atoms with E-state index < -0.39 is 12.1 Å². The third kappa shape index (κ3) is 4.07. The highest BCUT2D eigenvalue weighted by Crippen LogP contribution is 2.36. The Balaban J connectivity index is 2.55. The first-order valence-electron chi connectivity index (χ1n) is 6.39. The van der Waals surface area contributed by atoms with Crippen molar-refractivity contribution in [3.05, 3.63) is 42.0 Å². The first kappa shape index (κ1) is 16.5. The Bertz CT molecular complexity index is 751. The maximum absolute atomic E-state index is 12.4. The number of alkyl halides is 3. The molecule has 2 rings (SSSR count). The summed E-state index contributed by atoms with van der Waals surface area (Å²) < 4.78 is 51.4. The molecule has 0 amide bonds. The van der Waals surface area contributed by atoms with E-state index in [-0.39, 0.29) is 5.56 Å². The largest absolute Gasteiger partial charge is 0.573 e. The Labute approximate surface area is 130 Å². The number of benzene rings is 2. The van der Waals surface area contributed by atoms with Gasteiger partial charge in [0.15, 0.2) is 0 Å². The minimum atomic E-state index is -4.84. The SMILES string of the molecule is COc1ccc(-c2cc(C#N)cc(OC(F)(F)F)c2)c(OC)c1. The lowest BCUT2D eigenvalue weighted by Crippen LogP contribution is -2.17. The van der Waals surface area contributed by atoms with E-state index in [1.165, 1.54) is 26.4 Å². The number of hydrogen-bond donors (Lipinski definition) is 0. The number of hydrogen-bond acceptors (Lipinski definition) is 4. The molecule has 2 aromatic rings. The third-order valence-corrected chi connectivity index (χ3v) is 2.99. The molecule has 0 unspecified atom stereocenters. The average Bonchev–Trinajstić information content (AvgIpc) is 2.52. The molecule has 0 N–H and O–H groups in total. The van der Waals surface area contributed by atoms with E-state index in [4.69, 9.17) is 14.7 Å². The van der Waals surface area contributed by atoms with Crippen LogP contribution in [0, 0.1) is 11.3 Å². The number of nitrogens with zero attached hydrogens (tertiary/aromatic N) is 1. The normalized spacial score (nSPS) is 10.8. The predicted octanol–water partition coefficient (Wildman–Crippen LogP) is 4.14. The second kappa shape index (κ2) is 6.48. The molecule has 0 bridgehead atoms. The summed E-state index contributed by atoms with van der Waals surface area (Å²) in [6, 6.07) is 10.3. The van der Waals surface area contributed by atoms with Crippen LogP contribution in [0.15, 0.2) is 36.4 Å². The summed E-state index contributed by atoms with van der Waals surface area (Å²) in [5.74, 6) is 0.468. The van der Waals surface area contributed by atoms with Crippen molar-refractivity contribution in [2.75, 3.05) is 14.2 Å². The minimum absolute atomic E-state index is 0.0413. The van der Waals surface area contributed by atoms with Crippen LogP contribution >= 0.6 is 0 Å². The summed E-state index contributed by atoms with van der Waals surface area (Å²) in [7, 11) is 2.92. The van der Waals surface area contributed by atoms with Gasteiger partial charge in [-0.25, -0.2) is 0 Å². The molecule has 0 aliphatic heterocycles. The molecule has 7 heteroatoms. The quantitative estimate of drug-likeness (QED) is 0.848. The van der Waals surface area contributed by atoms with Gasteiger partial charge in [0, 0.05) is 11.6 Å². The molecule has 0 radical (unpaired) electrons. The van der Waals surface area contributed by atoms with E-state index in [1.54, 1.807) is 18.2 Å². The van der Waals surface area contributed by atoms with Gasteiger partial charge in [0.05, 0.1) is 25.9 Å². The third-order valence-electron chi connectivity index (χ3n) is 2.99. The van der Waals surface area contributed by atoms with Crippen LogP contribution in [0.25, 0.3) is 11.1 Å². The van der Waals surface area contributed by atoms with Crippen molar-refractivity contribution in [3.8, 4) is 34.4 Å². The highest BCUT2D eigenvalue weighted by molar-refractivity contribution is 5.74. The Morgan fingerprint density at radius 1 is 0.957 bits per heavy atom. The smallest absolute Gasteiger partial charge is 0.497 e. The van der Waals surface area contributed by atoms with Crippen molar-refractivity contribution < 1.29 is 27.4 Å². The Morgan fingerprint density at radius 3 is 2.26 bits per heavy atom. The molecule has 0 fully saturated rings. The van der Waals surface area contributed by atoms with Crippen LogP contribution < -0.4 is 14.2 Å². The van der Waals surface area contributed by atoms with E-state index in [0.717, 1.165) is 6.07 Å². The molecule has 2 aromatic carbocycles. The van der Waals surface area contributed by atoms with Crippen LogP contribution in [-0.2, 0) is 0 Å². The standard InChI is InChI=1S/C16H12F3NO3/c1-21-12-3-4-14(15(8-12)22-2)11-5-10(9-20)6-13(7-11)23-16(17,18)19/h3-8H,1-2H3. The fourth-order valence-corrected chi connectivity index (χ4v) is 2.05. The molecule has 0 aliphatic rings. The van der Waals surface area contributed by atoms with Gasteiger partial charge in [-0.05, 0) is 35.9 Å². The molecule has 0 saturated heterocycles. The number of rotatable bonds is 4. The molecule has 0 atom stereocenters. The number of ether oxygens (including phenoxy) is 3. The second-order valence-electron chi connectivity index (χ2n) is 4.47. The summed E-state index contributed by atoms with van der Waals surface area (Å²) >= 11 is 0. The molecule has 4 nitrogen and oxygen atoms in total. The Morgan fingerprint density at radius 2 is 1.70 bits per heavy atom. The van der Waals surface area contributed by atoms with Crippen LogP contribution in [-0.4, -0.2) is 20.6 Å². The van der Waals surface area contributed by atoms with E-state index in [2.05, 4.69) is 4.74 Å². The molecule has 0 saturated carbocycles. The van der Waals surface area contributed by atoms with Crippen molar-refractivity contribution in [1.82, 2.24) is 0 Å². The van der Waals surface area contributed by atoms with E-state index in [1.807, 2.05) is 6.07 Å². The first-order valence-corrected chi connectivity index (χ1v) is 6.39. The summed E-state index contributed by atoms with van der Waals surface area (Å²) in [5, 5.41) is 9.00. The predicted molar refractivity (Wildman–Crippen MR) is 76.4 cm³/mol. The van der Waals surface area contributed by atoms with Crippen molar-refractivity contribution in [2.24, 2.45) is 0 Å². The zero-order chi connectivity index (χ0) is 17.0. The van der Waals surface area contributed by atoms with Crippen LogP contribution in [0.5, 0.6) is 17.2 Å². The topological polar surface area (TPSA) is 51.5 Å². The van der Waals surface area contributed by atoms with Gasteiger partial charge in [0.2, 0.25) is 0 Å². The fourth-order valence-electron chi connectivity index (χ4n) is 2.05. The zero-order valence-corrected chi connectivity index (χ0v) is 12.3. The Hall–Kier alpha value is -2.88. The lowest BCUT2D eigenvalue weighted by molar-refractivity contribution is -0.274. The van der Waals surface area contributed by atoms with Gasteiger partial charge in [0.25, 0.3) is 0 Å². The zero-order valence-electron chi connectivity index (χ0n) is 12.3. The lowest BCUT2D eigenvalue weighted by atomic mass is 10.0. The first-order chi connectivity index (χ1) is 10.9. The van der Waals surface area contributed by atoms with E-state index >= 15 is 0 Å². The van der Waals surface area contributed by atoms with E-state index in [0.29, 0.717) is 22.6 Å². The molecule has 23 heavy (non-hydrogen) atoms. The summed E-state index contributed by atoms with van der Waals surface area (Å²) in [6.45, 7) is 0. The van der Waals surface area contributed by atoms with Gasteiger partial charge in [0.1, 0.15) is 17.2 Å². The second-order valence-corrected chi connectivity index (χ2v) is 4.47. The van der Waals surface area contributed by atoms with Crippen LogP contribution in [0.3, 0.4) is 0 Å². The van der Waals surface area contributed by atoms with Gasteiger partial charge < -0.3 is 14.2 Å². The van der Waals surface area contributed by atoms with Crippen LogP contribution in [0.2, 0.25) is 0 Å². The lowest BCUT2D eigenvalue weighted by Gasteiger charge is -2.13. The van der Waals surface area contributed by atoms with Gasteiger partial charge in [-0.2, -0.15) is 5.26 Å². The summed E-state index contributed by atoms with van der Waals surface area (Å²) in [4.78, 5) is 0. The molecule has 0 aliphatic carbocycles.